The van der Waals surface area contributed by atoms with E-state index in [0.29, 0.717) is 6.42 Å². The molecule has 1 fully saturated rings. The summed E-state index contributed by atoms with van der Waals surface area (Å²) in [7, 11) is 0. The molecule has 0 saturated carbocycles. The SMILES string of the molecule is Cc1ncnc(N2CCC(CC(=O)NCC(F)F)CC2)c1C. The number of hydrogen-bond acceptors (Lipinski definition) is 4. The minimum absolute atomic E-state index is 0.247. The lowest BCUT2D eigenvalue weighted by Gasteiger charge is -2.33. The Balaban J connectivity index is 1.83. The Morgan fingerprint density at radius 3 is 2.68 bits per heavy atom. The molecule has 1 N–H and O–H groups in total. The van der Waals surface area contributed by atoms with E-state index >= 15 is 0 Å². The van der Waals surface area contributed by atoms with Gasteiger partial charge in [0.15, 0.2) is 0 Å². The van der Waals surface area contributed by atoms with Crippen LogP contribution in [0, 0.1) is 19.8 Å². The molecule has 1 aliphatic heterocycles. The van der Waals surface area contributed by atoms with Gasteiger partial charge in [-0.1, -0.05) is 0 Å². The minimum Gasteiger partial charge on any atom is -0.356 e. The zero-order chi connectivity index (χ0) is 16.1. The van der Waals surface area contributed by atoms with E-state index in [4.69, 9.17) is 0 Å². The van der Waals surface area contributed by atoms with Crippen LogP contribution < -0.4 is 10.2 Å². The van der Waals surface area contributed by atoms with Crippen LogP contribution in [0.15, 0.2) is 6.33 Å². The van der Waals surface area contributed by atoms with Gasteiger partial charge >= 0.3 is 0 Å². The summed E-state index contributed by atoms with van der Waals surface area (Å²) in [6.07, 6.45) is 1.13. The van der Waals surface area contributed by atoms with E-state index in [2.05, 4.69) is 20.2 Å². The number of carbonyl (C=O) groups excluding carboxylic acids is 1. The summed E-state index contributed by atoms with van der Waals surface area (Å²) in [4.78, 5) is 22.3. The van der Waals surface area contributed by atoms with E-state index in [1.54, 1.807) is 6.33 Å². The van der Waals surface area contributed by atoms with Gasteiger partial charge in [0.05, 0.1) is 6.54 Å². The third kappa shape index (κ3) is 4.35. The first-order valence-electron chi connectivity index (χ1n) is 7.55. The molecule has 0 bridgehead atoms. The van der Waals surface area contributed by atoms with E-state index in [9.17, 15) is 13.6 Å². The molecule has 0 aromatic carbocycles. The van der Waals surface area contributed by atoms with E-state index in [0.717, 1.165) is 43.0 Å². The summed E-state index contributed by atoms with van der Waals surface area (Å²) in [5.74, 6) is 0.915. The van der Waals surface area contributed by atoms with Crippen LogP contribution in [0.4, 0.5) is 14.6 Å². The summed E-state index contributed by atoms with van der Waals surface area (Å²) >= 11 is 0. The number of nitrogens with one attached hydrogen (secondary N) is 1. The largest absolute Gasteiger partial charge is 0.356 e. The van der Waals surface area contributed by atoms with Crippen LogP contribution in [0.1, 0.15) is 30.5 Å². The van der Waals surface area contributed by atoms with Crippen LogP contribution in [-0.4, -0.2) is 41.9 Å². The average molecular weight is 312 g/mol. The van der Waals surface area contributed by atoms with Crippen molar-refractivity contribution in [2.24, 2.45) is 5.92 Å². The van der Waals surface area contributed by atoms with Crippen LogP contribution in [0.25, 0.3) is 0 Å². The summed E-state index contributed by atoms with van der Waals surface area (Å²) in [5.41, 5.74) is 2.05. The second-order valence-electron chi connectivity index (χ2n) is 5.74. The topological polar surface area (TPSA) is 58.1 Å². The van der Waals surface area contributed by atoms with Crippen molar-refractivity contribution in [3.63, 3.8) is 0 Å². The Labute approximate surface area is 129 Å². The number of alkyl halides is 2. The zero-order valence-corrected chi connectivity index (χ0v) is 13.0. The predicted molar refractivity (Wildman–Crippen MR) is 80.1 cm³/mol. The molecular formula is C15H22F2N4O. The van der Waals surface area contributed by atoms with Crippen LogP contribution in [0.3, 0.4) is 0 Å². The number of carbonyl (C=O) groups is 1. The first-order chi connectivity index (χ1) is 10.5. The Bertz CT molecular complexity index is 516. The maximum atomic E-state index is 12.0. The van der Waals surface area contributed by atoms with Crippen molar-refractivity contribution in [3.05, 3.63) is 17.6 Å². The maximum Gasteiger partial charge on any atom is 0.255 e. The Hall–Kier alpha value is -1.79. The number of halogens is 2. The van der Waals surface area contributed by atoms with Gasteiger partial charge in [0.1, 0.15) is 12.1 Å². The third-order valence-electron chi connectivity index (χ3n) is 4.15. The molecule has 1 aliphatic rings. The van der Waals surface area contributed by atoms with Gasteiger partial charge in [-0.2, -0.15) is 0 Å². The lowest BCUT2D eigenvalue weighted by atomic mass is 9.93. The van der Waals surface area contributed by atoms with Crippen molar-refractivity contribution >= 4 is 11.7 Å². The van der Waals surface area contributed by atoms with Gasteiger partial charge in [0, 0.05) is 30.8 Å². The minimum atomic E-state index is -2.49. The highest BCUT2D eigenvalue weighted by Gasteiger charge is 2.23. The number of nitrogens with zero attached hydrogens (tertiary/aromatic N) is 3. The van der Waals surface area contributed by atoms with Crippen molar-refractivity contribution < 1.29 is 13.6 Å². The summed E-state index contributed by atoms with van der Waals surface area (Å²) in [6.45, 7) is 5.06. The predicted octanol–water partition coefficient (Wildman–Crippen LogP) is 2.08. The molecule has 0 spiro atoms. The van der Waals surface area contributed by atoms with E-state index in [1.807, 2.05) is 13.8 Å². The van der Waals surface area contributed by atoms with Crippen molar-refractivity contribution in [3.8, 4) is 0 Å². The van der Waals surface area contributed by atoms with Gasteiger partial charge in [0.25, 0.3) is 6.43 Å². The number of amides is 1. The number of rotatable bonds is 5. The summed E-state index contributed by atoms with van der Waals surface area (Å²) < 4.78 is 24.1. The van der Waals surface area contributed by atoms with Crippen molar-refractivity contribution in [2.75, 3.05) is 24.5 Å². The van der Waals surface area contributed by atoms with Crippen molar-refractivity contribution in [2.45, 2.75) is 39.5 Å². The molecule has 0 unspecified atom stereocenters. The van der Waals surface area contributed by atoms with Crippen molar-refractivity contribution in [1.82, 2.24) is 15.3 Å². The summed E-state index contributed by atoms with van der Waals surface area (Å²) in [6, 6.07) is 0. The van der Waals surface area contributed by atoms with Gasteiger partial charge in [-0.05, 0) is 32.6 Å². The highest BCUT2D eigenvalue weighted by Crippen LogP contribution is 2.26. The van der Waals surface area contributed by atoms with E-state index in [1.165, 1.54) is 0 Å². The number of piperidine rings is 1. The normalized spacial score (nSPS) is 16.1. The Morgan fingerprint density at radius 2 is 2.05 bits per heavy atom. The fourth-order valence-corrected chi connectivity index (χ4v) is 2.72. The number of anilines is 1. The zero-order valence-electron chi connectivity index (χ0n) is 13.0. The van der Waals surface area contributed by atoms with Crippen LogP contribution >= 0.6 is 0 Å². The molecule has 7 heteroatoms. The highest BCUT2D eigenvalue weighted by atomic mass is 19.3. The molecule has 22 heavy (non-hydrogen) atoms. The average Bonchev–Trinajstić information content (AvgIpc) is 2.49. The Kier molecular flexibility index (Phi) is 5.63. The number of aromatic nitrogens is 2. The van der Waals surface area contributed by atoms with Gasteiger partial charge < -0.3 is 10.2 Å². The van der Waals surface area contributed by atoms with Crippen LogP contribution in [0.2, 0.25) is 0 Å². The molecule has 122 valence electrons. The maximum absolute atomic E-state index is 12.0. The second kappa shape index (κ2) is 7.47. The molecule has 2 rings (SSSR count). The van der Waals surface area contributed by atoms with Crippen LogP contribution in [0.5, 0.6) is 0 Å². The number of aryl methyl sites for hydroxylation is 1. The van der Waals surface area contributed by atoms with Gasteiger partial charge in [-0.3, -0.25) is 4.79 Å². The highest BCUT2D eigenvalue weighted by molar-refractivity contribution is 5.76. The molecule has 2 heterocycles. The van der Waals surface area contributed by atoms with Gasteiger partial charge in [-0.25, -0.2) is 18.7 Å². The van der Waals surface area contributed by atoms with Gasteiger partial charge in [0.2, 0.25) is 5.91 Å². The molecule has 1 saturated heterocycles. The molecular weight excluding hydrogens is 290 g/mol. The lowest BCUT2D eigenvalue weighted by molar-refractivity contribution is -0.122. The fraction of sp³-hybridized carbons (Fsp3) is 0.667. The van der Waals surface area contributed by atoms with Gasteiger partial charge in [-0.15, -0.1) is 0 Å². The molecule has 0 aliphatic carbocycles. The second-order valence-corrected chi connectivity index (χ2v) is 5.74. The molecule has 5 nitrogen and oxygen atoms in total. The standard InChI is InChI=1S/C15H22F2N4O/c1-10-11(2)19-9-20-15(10)21-5-3-12(4-6-21)7-14(22)18-8-13(16)17/h9,12-13H,3-8H2,1-2H3,(H,18,22). The van der Waals surface area contributed by atoms with E-state index < -0.39 is 13.0 Å². The van der Waals surface area contributed by atoms with E-state index in [-0.39, 0.29) is 11.8 Å². The van der Waals surface area contributed by atoms with Crippen LogP contribution in [-0.2, 0) is 4.79 Å². The molecule has 1 aromatic rings. The smallest absolute Gasteiger partial charge is 0.255 e. The first-order valence-corrected chi connectivity index (χ1v) is 7.55. The first kappa shape index (κ1) is 16.6. The lowest BCUT2D eigenvalue weighted by Crippen LogP contribution is -2.37. The fourth-order valence-electron chi connectivity index (χ4n) is 2.72. The molecule has 0 atom stereocenters. The molecule has 1 amide bonds. The monoisotopic (exact) mass is 312 g/mol. The molecule has 1 aromatic heterocycles. The van der Waals surface area contributed by atoms with Crippen molar-refractivity contribution in [1.29, 1.82) is 0 Å². The quantitative estimate of drug-likeness (QED) is 0.904. The Morgan fingerprint density at radius 1 is 1.36 bits per heavy atom. The summed E-state index contributed by atoms with van der Waals surface area (Å²) in [5, 5.41) is 2.27. The third-order valence-corrected chi connectivity index (χ3v) is 4.15. The molecule has 0 radical (unpaired) electrons. The number of hydrogen-bond donors (Lipinski definition) is 1.